The van der Waals surface area contributed by atoms with Gasteiger partial charge in [0.1, 0.15) is 5.75 Å². The number of aliphatic carboxylic acids is 1. The van der Waals surface area contributed by atoms with Crippen LogP contribution >= 0.6 is 11.6 Å². The van der Waals surface area contributed by atoms with Gasteiger partial charge in [-0.2, -0.15) is 0 Å². The molecule has 1 amide bonds. The molecule has 0 heterocycles. The third kappa shape index (κ3) is 5.40. The maximum absolute atomic E-state index is 12.3. The number of carboxylic acids is 1. The highest BCUT2D eigenvalue weighted by atomic mass is 35.5. The predicted molar refractivity (Wildman–Crippen MR) is 136 cm³/mol. The summed E-state index contributed by atoms with van der Waals surface area (Å²) in [6.45, 7) is 10.8. The Labute approximate surface area is 210 Å². The van der Waals surface area contributed by atoms with Gasteiger partial charge in [-0.25, -0.2) is 0 Å². The molecule has 4 rings (SSSR count). The highest BCUT2D eigenvalue weighted by Crippen LogP contribution is 2.75. The molecule has 1 aromatic carbocycles. The Balaban J connectivity index is 0.000000212. The van der Waals surface area contributed by atoms with E-state index in [1.54, 1.807) is 13.2 Å². The van der Waals surface area contributed by atoms with Gasteiger partial charge in [0.2, 0.25) is 5.91 Å². The van der Waals surface area contributed by atoms with E-state index in [2.05, 4.69) is 39.9 Å². The van der Waals surface area contributed by atoms with Gasteiger partial charge in [-0.1, -0.05) is 64.6 Å². The number of rotatable bonds is 5. The van der Waals surface area contributed by atoms with Gasteiger partial charge >= 0.3 is 5.97 Å². The lowest BCUT2D eigenvalue weighted by Gasteiger charge is -2.37. The van der Waals surface area contributed by atoms with Gasteiger partial charge in [0.05, 0.1) is 18.9 Å². The first-order valence-corrected chi connectivity index (χ1v) is 13.1. The lowest BCUT2D eigenvalue weighted by Crippen LogP contribution is -2.49. The predicted octanol–water partition coefficient (Wildman–Crippen LogP) is 6.51. The van der Waals surface area contributed by atoms with Crippen molar-refractivity contribution in [2.24, 2.45) is 28.6 Å². The average molecular weight is 492 g/mol. The Hall–Kier alpha value is -1.75. The molecule has 3 aliphatic carbocycles. The largest absolute Gasteiger partial charge is 0.497 e. The van der Waals surface area contributed by atoms with Crippen LogP contribution in [0.4, 0.5) is 0 Å². The van der Waals surface area contributed by atoms with Crippen LogP contribution in [0.1, 0.15) is 85.1 Å². The minimum atomic E-state index is -0.561. The number of amides is 1. The van der Waals surface area contributed by atoms with Gasteiger partial charge in [0.25, 0.3) is 0 Å². The molecule has 190 valence electrons. The molecule has 0 bridgehead atoms. The average Bonchev–Trinajstić information content (AvgIpc) is 3.25. The normalized spacial score (nSPS) is 33.6. The summed E-state index contributed by atoms with van der Waals surface area (Å²) in [6.07, 6.45) is 8.07. The standard InChI is InChI=1S/C17H24ClNO2.C11H18O2/c1-12-5-4-8-17(2,11-12)19-16(20)9-13-6-7-14(21-3)10-15(13)18;1-7-4-5-8-10(2,3)11(8,6-7)9(12)13/h6-7,10,12H,4-5,8-9,11H2,1-3H3,(H,19,20);7-8H,4-6H2,1-3H3,(H,12,13). The van der Waals surface area contributed by atoms with Crippen LogP contribution in [0.5, 0.6) is 5.75 Å². The van der Waals surface area contributed by atoms with Crippen LogP contribution in [-0.4, -0.2) is 29.6 Å². The molecule has 34 heavy (non-hydrogen) atoms. The number of nitrogens with one attached hydrogen (secondary N) is 1. The summed E-state index contributed by atoms with van der Waals surface area (Å²) < 4.78 is 5.12. The summed E-state index contributed by atoms with van der Waals surface area (Å²) in [5.74, 6) is 1.89. The minimum absolute atomic E-state index is 0.0404. The fourth-order valence-electron chi connectivity index (χ4n) is 6.87. The molecule has 3 saturated carbocycles. The molecule has 3 fully saturated rings. The van der Waals surface area contributed by atoms with Crippen molar-refractivity contribution < 1.29 is 19.4 Å². The zero-order valence-corrected chi connectivity index (χ0v) is 22.4. The lowest BCUT2D eigenvalue weighted by molar-refractivity contribution is -0.146. The highest BCUT2D eigenvalue weighted by molar-refractivity contribution is 6.31. The van der Waals surface area contributed by atoms with Gasteiger partial charge in [-0.3, -0.25) is 9.59 Å². The molecule has 0 saturated heterocycles. The van der Waals surface area contributed by atoms with Gasteiger partial charge in [0.15, 0.2) is 0 Å². The quantitative estimate of drug-likeness (QED) is 0.492. The Morgan fingerprint density at radius 3 is 2.35 bits per heavy atom. The van der Waals surface area contributed by atoms with Crippen molar-refractivity contribution in [2.45, 2.75) is 91.5 Å². The topological polar surface area (TPSA) is 75.6 Å². The molecule has 0 aromatic heterocycles. The SMILES string of the molecule is CC1CCC2C(C)(C)C2(C(=O)O)C1.COc1ccc(CC(=O)NC2(C)CCCC(C)C2)c(Cl)c1. The van der Waals surface area contributed by atoms with Crippen molar-refractivity contribution >= 4 is 23.5 Å². The van der Waals surface area contributed by atoms with E-state index in [-0.39, 0.29) is 22.3 Å². The Morgan fingerprint density at radius 1 is 1.12 bits per heavy atom. The zero-order chi connectivity index (χ0) is 25.3. The molecule has 6 heteroatoms. The maximum Gasteiger partial charge on any atom is 0.310 e. The van der Waals surface area contributed by atoms with Crippen LogP contribution in [0, 0.1) is 28.6 Å². The number of methoxy groups -OCH3 is 1. The van der Waals surface area contributed by atoms with E-state index >= 15 is 0 Å². The van der Waals surface area contributed by atoms with Crippen molar-refractivity contribution in [3.05, 3.63) is 28.8 Å². The zero-order valence-electron chi connectivity index (χ0n) is 21.7. The lowest BCUT2D eigenvalue weighted by atomic mass is 9.77. The van der Waals surface area contributed by atoms with Crippen molar-refractivity contribution in [3.8, 4) is 5.75 Å². The van der Waals surface area contributed by atoms with Crippen LogP contribution in [0.15, 0.2) is 18.2 Å². The van der Waals surface area contributed by atoms with Gasteiger partial charge in [-0.15, -0.1) is 0 Å². The second-order valence-electron chi connectivity index (χ2n) is 11.9. The highest BCUT2D eigenvalue weighted by Gasteiger charge is 2.76. The van der Waals surface area contributed by atoms with Gasteiger partial charge in [-0.05, 0) is 73.5 Å². The van der Waals surface area contributed by atoms with Crippen LogP contribution in [-0.2, 0) is 16.0 Å². The first kappa shape index (κ1) is 26.8. The van der Waals surface area contributed by atoms with Crippen molar-refractivity contribution in [1.82, 2.24) is 5.32 Å². The number of carbonyl (C=O) groups is 2. The monoisotopic (exact) mass is 491 g/mol. The van der Waals surface area contributed by atoms with Crippen LogP contribution < -0.4 is 10.1 Å². The van der Waals surface area contributed by atoms with Crippen LogP contribution in [0.2, 0.25) is 5.02 Å². The van der Waals surface area contributed by atoms with E-state index in [1.807, 2.05) is 12.1 Å². The maximum atomic E-state index is 12.3. The molecule has 0 spiro atoms. The molecule has 5 atom stereocenters. The Bertz CT molecular complexity index is 916. The number of halogens is 1. The smallest absolute Gasteiger partial charge is 0.310 e. The molecule has 0 radical (unpaired) electrons. The summed E-state index contributed by atoms with van der Waals surface area (Å²) in [5, 5.41) is 13.1. The number of carbonyl (C=O) groups excluding carboxylic acids is 1. The number of fused-ring (bicyclic) bond motifs is 1. The molecule has 1 aromatic rings. The molecule has 5 nitrogen and oxygen atoms in total. The van der Waals surface area contributed by atoms with Crippen molar-refractivity contribution in [1.29, 1.82) is 0 Å². The molecule has 0 aliphatic heterocycles. The summed E-state index contributed by atoms with van der Waals surface area (Å²) in [7, 11) is 1.60. The summed E-state index contributed by atoms with van der Waals surface area (Å²) in [6, 6.07) is 5.43. The van der Waals surface area contributed by atoms with Crippen LogP contribution in [0.3, 0.4) is 0 Å². The van der Waals surface area contributed by atoms with E-state index in [1.165, 1.54) is 19.3 Å². The molecule has 3 aliphatic rings. The van der Waals surface area contributed by atoms with Crippen molar-refractivity contribution in [2.75, 3.05) is 7.11 Å². The van der Waals surface area contributed by atoms with Gasteiger partial charge < -0.3 is 15.2 Å². The van der Waals surface area contributed by atoms with E-state index in [0.717, 1.165) is 31.2 Å². The fraction of sp³-hybridized carbons (Fsp3) is 0.714. The number of benzene rings is 1. The number of ether oxygens (including phenoxy) is 1. The first-order chi connectivity index (χ1) is 15.8. The number of hydrogen-bond donors (Lipinski definition) is 2. The second kappa shape index (κ2) is 10.1. The van der Waals surface area contributed by atoms with E-state index in [9.17, 15) is 14.7 Å². The molecular weight excluding hydrogens is 450 g/mol. The van der Waals surface area contributed by atoms with Crippen LogP contribution in [0.25, 0.3) is 0 Å². The van der Waals surface area contributed by atoms with E-state index in [0.29, 0.717) is 34.9 Å². The second-order valence-corrected chi connectivity index (χ2v) is 12.3. The Morgan fingerprint density at radius 2 is 1.79 bits per heavy atom. The molecule has 2 N–H and O–H groups in total. The number of carboxylic acid groups (broad SMARTS) is 1. The van der Waals surface area contributed by atoms with Gasteiger partial charge in [0, 0.05) is 10.6 Å². The third-order valence-corrected chi connectivity index (χ3v) is 9.16. The molecular formula is C28H42ClNO4. The minimum Gasteiger partial charge on any atom is -0.497 e. The summed E-state index contributed by atoms with van der Waals surface area (Å²) >= 11 is 6.19. The van der Waals surface area contributed by atoms with E-state index in [4.69, 9.17) is 16.3 Å². The Kier molecular flexibility index (Phi) is 7.96. The first-order valence-electron chi connectivity index (χ1n) is 12.7. The summed E-state index contributed by atoms with van der Waals surface area (Å²) in [4.78, 5) is 23.6. The third-order valence-electron chi connectivity index (χ3n) is 8.81. The fourth-order valence-corrected chi connectivity index (χ4v) is 7.11. The van der Waals surface area contributed by atoms with E-state index < -0.39 is 5.97 Å². The summed E-state index contributed by atoms with van der Waals surface area (Å²) in [5.41, 5.74) is 0.435. The van der Waals surface area contributed by atoms with Crippen molar-refractivity contribution in [3.63, 3.8) is 0 Å². The molecule has 5 unspecified atom stereocenters. The number of hydrogen-bond acceptors (Lipinski definition) is 3.